The molecule has 4 nitrogen and oxygen atoms in total. The Morgan fingerprint density at radius 1 is 0.920 bits per heavy atom. The standard InChI is InChI=1S/C21H26N2O2/c1-21(2,17-9-11-19(25-3)12-10-17)20(24)23-15-13-22(14-16-23)18-7-5-4-6-8-18/h4-12H,13-16H2,1-3H3. The molecule has 1 amide bonds. The molecule has 2 aromatic rings. The highest BCUT2D eigenvalue weighted by molar-refractivity contribution is 5.87. The van der Waals surface area contributed by atoms with Crippen LogP contribution in [0.15, 0.2) is 54.6 Å². The molecule has 0 aliphatic carbocycles. The molecule has 1 heterocycles. The first kappa shape index (κ1) is 17.3. The van der Waals surface area contributed by atoms with E-state index in [-0.39, 0.29) is 5.91 Å². The Balaban J connectivity index is 1.66. The minimum absolute atomic E-state index is 0.186. The van der Waals surface area contributed by atoms with Crippen molar-refractivity contribution < 1.29 is 9.53 Å². The number of carbonyl (C=O) groups is 1. The predicted molar refractivity (Wildman–Crippen MR) is 101 cm³/mol. The first-order chi connectivity index (χ1) is 12.0. The van der Waals surface area contributed by atoms with Crippen LogP contribution in [0.25, 0.3) is 0 Å². The summed E-state index contributed by atoms with van der Waals surface area (Å²) in [7, 11) is 1.65. The molecule has 132 valence electrons. The van der Waals surface area contributed by atoms with Gasteiger partial charge < -0.3 is 14.5 Å². The van der Waals surface area contributed by atoms with Gasteiger partial charge in [0.15, 0.2) is 0 Å². The van der Waals surface area contributed by atoms with Crippen molar-refractivity contribution in [3.63, 3.8) is 0 Å². The smallest absolute Gasteiger partial charge is 0.232 e. The number of ether oxygens (including phenoxy) is 1. The number of piperazine rings is 1. The first-order valence-electron chi connectivity index (χ1n) is 8.76. The van der Waals surface area contributed by atoms with Crippen LogP contribution in [0.1, 0.15) is 19.4 Å². The number of methoxy groups -OCH3 is 1. The summed E-state index contributed by atoms with van der Waals surface area (Å²) in [5.41, 5.74) is 1.70. The Labute approximate surface area is 150 Å². The lowest BCUT2D eigenvalue weighted by Gasteiger charge is -2.39. The van der Waals surface area contributed by atoms with Crippen LogP contribution in [0.4, 0.5) is 5.69 Å². The topological polar surface area (TPSA) is 32.8 Å². The van der Waals surface area contributed by atoms with Gasteiger partial charge >= 0.3 is 0 Å². The van der Waals surface area contributed by atoms with Gasteiger partial charge in [-0.3, -0.25) is 4.79 Å². The van der Waals surface area contributed by atoms with E-state index in [4.69, 9.17) is 4.74 Å². The van der Waals surface area contributed by atoms with E-state index in [0.29, 0.717) is 0 Å². The van der Waals surface area contributed by atoms with Gasteiger partial charge in [-0.2, -0.15) is 0 Å². The average molecular weight is 338 g/mol. The maximum absolute atomic E-state index is 13.1. The van der Waals surface area contributed by atoms with Crippen LogP contribution in [0, 0.1) is 0 Å². The molecule has 0 bridgehead atoms. The number of para-hydroxylation sites is 1. The fourth-order valence-electron chi connectivity index (χ4n) is 3.33. The first-order valence-corrected chi connectivity index (χ1v) is 8.76. The van der Waals surface area contributed by atoms with Gasteiger partial charge in [-0.1, -0.05) is 30.3 Å². The SMILES string of the molecule is COc1ccc(C(C)(C)C(=O)N2CCN(c3ccccc3)CC2)cc1. The van der Waals surface area contributed by atoms with E-state index in [9.17, 15) is 4.79 Å². The zero-order valence-corrected chi connectivity index (χ0v) is 15.2. The quantitative estimate of drug-likeness (QED) is 0.857. The molecule has 2 aromatic carbocycles. The number of hydrogen-bond donors (Lipinski definition) is 0. The summed E-state index contributed by atoms with van der Waals surface area (Å²) >= 11 is 0. The third kappa shape index (κ3) is 3.63. The molecule has 0 atom stereocenters. The molecule has 0 spiro atoms. The van der Waals surface area contributed by atoms with Gasteiger partial charge in [-0.05, 0) is 43.7 Å². The van der Waals surface area contributed by atoms with Gasteiger partial charge in [0.1, 0.15) is 5.75 Å². The van der Waals surface area contributed by atoms with Crippen LogP contribution in [0.5, 0.6) is 5.75 Å². The molecule has 0 N–H and O–H groups in total. The lowest BCUT2D eigenvalue weighted by Crippen LogP contribution is -2.53. The van der Waals surface area contributed by atoms with Crippen molar-refractivity contribution >= 4 is 11.6 Å². The molecule has 1 saturated heterocycles. The van der Waals surface area contributed by atoms with Crippen LogP contribution in [0.3, 0.4) is 0 Å². The van der Waals surface area contributed by atoms with E-state index in [0.717, 1.165) is 37.5 Å². The van der Waals surface area contributed by atoms with Crippen LogP contribution in [0.2, 0.25) is 0 Å². The number of nitrogens with zero attached hydrogens (tertiary/aromatic N) is 2. The number of amides is 1. The van der Waals surface area contributed by atoms with E-state index in [1.807, 2.05) is 49.1 Å². The maximum atomic E-state index is 13.1. The van der Waals surface area contributed by atoms with Crippen molar-refractivity contribution in [2.24, 2.45) is 0 Å². The number of anilines is 1. The monoisotopic (exact) mass is 338 g/mol. The summed E-state index contributed by atoms with van der Waals surface area (Å²) < 4.78 is 5.21. The molecule has 3 rings (SSSR count). The molecule has 4 heteroatoms. The van der Waals surface area contributed by atoms with Gasteiger partial charge in [-0.25, -0.2) is 0 Å². The van der Waals surface area contributed by atoms with Gasteiger partial charge in [-0.15, -0.1) is 0 Å². The second-order valence-electron chi connectivity index (χ2n) is 6.97. The second-order valence-corrected chi connectivity index (χ2v) is 6.97. The van der Waals surface area contributed by atoms with E-state index in [1.54, 1.807) is 7.11 Å². The largest absolute Gasteiger partial charge is 0.497 e. The summed E-state index contributed by atoms with van der Waals surface area (Å²) in [6.07, 6.45) is 0. The molecule has 0 radical (unpaired) electrons. The lowest BCUT2D eigenvalue weighted by molar-refractivity contribution is -0.136. The van der Waals surface area contributed by atoms with Crippen molar-refractivity contribution in [2.75, 3.05) is 38.2 Å². The number of benzene rings is 2. The third-order valence-electron chi connectivity index (χ3n) is 5.03. The van der Waals surface area contributed by atoms with Crippen molar-refractivity contribution in [1.29, 1.82) is 0 Å². The Kier molecular flexibility index (Phi) is 4.98. The Morgan fingerprint density at radius 2 is 1.52 bits per heavy atom. The molecule has 25 heavy (non-hydrogen) atoms. The molecule has 0 aromatic heterocycles. The summed E-state index contributed by atoms with van der Waals surface area (Å²) in [6.45, 7) is 7.25. The van der Waals surface area contributed by atoms with E-state index in [1.165, 1.54) is 5.69 Å². The molecular formula is C21H26N2O2. The fraction of sp³-hybridized carbons (Fsp3) is 0.381. The van der Waals surface area contributed by atoms with Gasteiger partial charge in [0.25, 0.3) is 0 Å². The van der Waals surface area contributed by atoms with Crippen molar-refractivity contribution in [2.45, 2.75) is 19.3 Å². The van der Waals surface area contributed by atoms with Crippen LogP contribution in [-0.2, 0) is 10.2 Å². The number of hydrogen-bond acceptors (Lipinski definition) is 3. The molecule has 1 fully saturated rings. The Morgan fingerprint density at radius 3 is 2.08 bits per heavy atom. The van der Waals surface area contributed by atoms with Gasteiger partial charge in [0.2, 0.25) is 5.91 Å². The van der Waals surface area contributed by atoms with Crippen molar-refractivity contribution in [1.82, 2.24) is 4.90 Å². The molecule has 0 saturated carbocycles. The average Bonchev–Trinajstić information content (AvgIpc) is 2.68. The highest BCUT2D eigenvalue weighted by Crippen LogP contribution is 2.28. The Hall–Kier alpha value is -2.49. The number of rotatable bonds is 4. The summed E-state index contributed by atoms with van der Waals surface area (Å²) in [6, 6.07) is 18.2. The molecule has 1 aliphatic rings. The van der Waals surface area contributed by atoms with Gasteiger partial charge in [0.05, 0.1) is 12.5 Å². The van der Waals surface area contributed by atoms with E-state index in [2.05, 4.69) is 29.2 Å². The fourth-order valence-corrected chi connectivity index (χ4v) is 3.33. The molecule has 1 aliphatic heterocycles. The lowest BCUT2D eigenvalue weighted by atomic mass is 9.83. The zero-order valence-electron chi connectivity index (χ0n) is 15.2. The highest BCUT2D eigenvalue weighted by Gasteiger charge is 2.35. The second kappa shape index (κ2) is 7.18. The minimum Gasteiger partial charge on any atom is -0.497 e. The summed E-state index contributed by atoms with van der Waals surface area (Å²) in [5.74, 6) is 0.994. The van der Waals surface area contributed by atoms with Crippen molar-refractivity contribution in [3.8, 4) is 5.75 Å². The highest BCUT2D eigenvalue weighted by atomic mass is 16.5. The third-order valence-corrected chi connectivity index (χ3v) is 5.03. The maximum Gasteiger partial charge on any atom is 0.232 e. The van der Waals surface area contributed by atoms with E-state index < -0.39 is 5.41 Å². The Bertz CT molecular complexity index is 702. The minimum atomic E-state index is -0.540. The summed E-state index contributed by atoms with van der Waals surface area (Å²) in [4.78, 5) is 17.4. The predicted octanol–water partition coefficient (Wildman–Crippen LogP) is 3.32. The van der Waals surface area contributed by atoms with E-state index >= 15 is 0 Å². The van der Waals surface area contributed by atoms with Crippen molar-refractivity contribution in [3.05, 3.63) is 60.2 Å². The summed E-state index contributed by atoms with van der Waals surface area (Å²) in [5, 5.41) is 0. The zero-order chi connectivity index (χ0) is 17.9. The van der Waals surface area contributed by atoms with Gasteiger partial charge in [0, 0.05) is 31.9 Å². The van der Waals surface area contributed by atoms with Crippen LogP contribution < -0.4 is 9.64 Å². The molecular weight excluding hydrogens is 312 g/mol. The van der Waals surface area contributed by atoms with Crippen LogP contribution >= 0.6 is 0 Å². The van der Waals surface area contributed by atoms with Crippen LogP contribution in [-0.4, -0.2) is 44.1 Å². The molecule has 0 unspecified atom stereocenters. The number of carbonyl (C=O) groups excluding carboxylic acids is 1. The normalized spacial score (nSPS) is 15.2.